The topological polar surface area (TPSA) is 82.9 Å². The number of benzene rings is 2. The van der Waals surface area contributed by atoms with Crippen molar-refractivity contribution in [1.29, 1.82) is 5.26 Å². The van der Waals surface area contributed by atoms with E-state index < -0.39 is 11.8 Å². The van der Waals surface area contributed by atoms with Crippen molar-refractivity contribution in [3.63, 3.8) is 0 Å². The number of rotatable bonds is 5. The lowest BCUT2D eigenvalue weighted by Crippen LogP contribution is -2.27. The molecule has 0 atom stereocenters. The van der Waals surface area contributed by atoms with Crippen LogP contribution in [0.2, 0.25) is 0 Å². The van der Waals surface area contributed by atoms with Crippen LogP contribution < -0.4 is 14.5 Å². The molecule has 29 heavy (non-hydrogen) atoms. The van der Waals surface area contributed by atoms with Crippen LogP contribution in [0.4, 0.5) is 11.4 Å². The Morgan fingerprint density at radius 1 is 1.10 bits per heavy atom. The van der Waals surface area contributed by atoms with E-state index in [0.29, 0.717) is 21.6 Å². The van der Waals surface area contributed by atoms with Crippen molar-refractivity contribution < 1.29 is 19.1 Å². The zero-order chi connectivity index (χ0) is 21.1. The number of hydrogen-bond acceptors (Lipinski definition) is 7. The molecule has 0 radical (unpaired) electrons. The predicted molar refractivity (Wildman–Crippen MR) is 112 cm³/mol. The number of hydrogen-bond donors (Lipinski definition) is 0. The number of nitriles is 1. The van der Waals surface area contributed by atoms with Crippen LogP contribution in [0.1, 0.15) is 10.4 Å². The third kappa shape index (κ3) is 3.82. The first-order valence-electron chi connectivity index (χ1n) is 8.63. The zero-order valence-electron chi connectivity index (χ0n) is 16.1. The van der Waals surface area contributed by atoms with Crippen LogP contribution in [-0.2, 0) is 9.53 Å². The van der Waals surface area contributed by atoms with Crippen LogP contribution in [0.25, 0.3) is 0 Å². The molecule has 0 spiro atoms. The van der Waals surface area contributed by atoms with Gasteiger partial charge in [-0.3, -0.25) is 4.79 Å². The van der Waals surface area contributed by atoms with Gasteiger partial charge in [0.1, 0.15) is 23.2 Å². The minimum Gasteiger partial charge on any atom is -0.484 e. The standard InChI is InChI=1S/C21H18BrN3O4/c1-24-16-6-4-5-7-17(16)25(2)20(24)14(11-23)18(26)12-29-19-9-8-13(10-15(19)22)21(27)28-3/h4-10H,12H2,1-3H3. The summed E-state index contributed by atoms with van der Waals surface area (Å²) in [5, 5.41) is 9.65. The van der Waals surface area contributed by atoms with Gasteiger partial charge in [0.2, 0.25) is 5.78 Å². The Balaban J connectivity index is 1.81. The van der Waals surface area contributed by atoms with E-state index in [2.05, 4.69) is 20.7 Å². The Morgan fingerprint density at radius 2 is 1.72 bits per heavy atom. The lowest BCUT2D eigenvalue weighted by molar-refractivity contribution is -0.117. The summed E-state index contributed by atoms with van der Waals surface area (Å²) in [4.78, 5) is 28.0. The predicted octanol–water partition coefficient (Wildman–Crippen LogP) is 3.50. The van der Waals surface area contributed by atoms with Crippen molar-refractivity contribution in [1.82, 2.24) is 0 Å². The number of carbonyl (C=O) groups is 2. The summed E-state index contributed by atoms with van der Waals surface area (Å²) in [6.07, 6.45) is 0. The van der Waals surface area contributed by atoms with Crippen molar-refractivity contribution >= 4 is 39.1 Å². The number of ketones is 1. The Hall–Kier alpha value is -3.31. The number of halogens is 1. The molecule has 0 aromatic heterocycles. The first kappa shape index (κ1) is 20.4. The fourth-order valence-electron chi connectivity index (χ4n) is 3.14. The molecular formula is C21H18BrN3O4. The molecule has 8 heteroatoms. The number of ether oxygens (including phenoxy) is 2. The van der Waals surface area contributed by atoms with Gasteiger partial charge in [-0.2, -0.15) is 5.26 Å². The minimum absolute atomic E-state index is 0.00787. The van der Waals surface area contributed by atoms with Gasteiger partial charge in [-0.15, -0.1) is 0 Å². The lowest BCUT2D eigenvalue weighted by Gasteiger charge is -2.20. The van der Waals surface area contributed by atoms with Gasteiger partial charge in [-0.25, -0.2) is 4.79 Å². The molecule has 7 nitrogen and oxygen atoms in total. The van der Waals surface area contributed by atoms with E-state index in [-0.39, 0.29) is 12.2 Å². The van der Waals surface area contributed by atoms with Gasteiger partial charge in [0.15, 0.2) is 6.61 Å². The van der Waals surface area contributed by atoms with Gasteiger partial charge in [0, 0.05) is 14.1 Å². The third-order valence-corrected chi connectivity index (χ3v) is 5.19. The van der Waals surface area contributed by atoms with E-state index in [9.17, 15) is 14.9 Å². The molecule has 1 aliphatic rings. The highest BCUT2D eigenvalue weighted by atomic mass is 79.9. The van der Waals surface area contributed by atoms with E-state index in [0.717, 1.165) is 11.4 Å². The van der Waals surface area contributed by atoms with Crippen molar-refractivity contribution in [2.24, 2.45) is 0 Å². The molecule has 0 saturated heterocycles. The minimum atomic E-state index is -0.475. The Kier molecular flexibility index (Phi) is 5.89. The highest BCUT2D eigenvalue weighted by Gasteiger charge is 2.31. The second-order valence-electron chi connectivity index (χ2n) is 6.27. The summed E-state index contributed by atoms with van der Waals surface area (Å²) < 4.78 is 10.8. The molecule has 0 N–H and O–H groups in total. The van der Waals surface area contributed by atoms with Crippen LogP contribution in [-0.4, -0.2) is 39.6 Å². The van der Waals surface area contributed by atoms with E-state index in [1.54, 1.807) is 12.1 Å². The van der Waals surface area contributed by atoms with Crippen LogP contribution in [0, 0.1) is 11.3 Å². The number of fused-ring (bicyclic) bond motifs is 1. The number of Topliss-reactive ketones (excluding diaryl/α,β-unsaturated/α-hetero) is 1. The second-order valence-corrected chi connectivity index (χ2v) is 7.12. The summed E-state index contributed by atoms with van der Waals surface area (Å²) in [7, 11) is 4.92. The molecule has 1 heterocycles. The first-order chi connectivity index (χ1) is 13.9. The average molecular weight is 456 g/mol. The fraction of sp³-hybridized carbons (Fsp3) is 0.190. The maximum absolute atomic E-state index is 12.8. The van der Waals surface area contributed by atoms with E-state index >= 15 is 0 Å². The van der Waals surface area contributed by atoms with Crippen LogP contribution in [0.3, 0.4) is 0 Å². The number of methoxy groups -OCH3 is 1. The number of carbonyl (C=O) groups excluding carboxylic acids is 2. The number of esters is 1. The molecule has 0 fully saturated rings. The molecule has 0 saturated carbocycles. The SMILES string of the molecule is COC(=O)c1ccc(OCC(=O)C(C#N)=C2N(C)c3ccccc3N2C)c(Br)c1. The quantitative estimate of drug-likeness (QED) is 0.387. The monoisotopic (exact) mass is 455 g/mol. The maximum Gasteiger partial charge on any atom is 0.337 e. The number of anilines is 2. The summed E-state index contributed by atoms with van der Waals surface area (Å²) in [6.45, 7) is -0.319. The summed E-state index contributed by atoms with van der Waals surface area (Å²) in [5.41, 5.74) is 2.18. The van der Waals surface area contributed by atoms with Crippen molar-refractivity contribution in [3.05, 3.63) is 63.9 Å². The van der Waals surface area contributed by atoms with Crippen molar-refractivity contribution in [3.8, 4) is 11.8 Å². The Labute approximate surface area is 176 Å². The lowest BCUT2D eigenvalue weighted by atomic mass is 10.2. The molecule has 0 bridgehead atoms. The molecule has 3 rings (SSSR count). The van der Waals surface area contributed by atoms with Gasteiger partial charge in [-0.1, -0.05) is 12.1 Å². The Morgan fingerprint density at radius 3 is 2.24 bits per heavy atom. The van der Waals surface area contributed by atoms with Crippen molar-refractivity contribution in [2.75, 3.05) is 37.6 Å². The summed E-state index contributed by atoms with van der Waals surface area (Å²) >= 11 is 3.32. The molecule has 1 aliphatic heterocycles. The van der Waals surface area contributed by atoms with E-state index in [1.165, 1.54) is 13.2 Å². The largest absolute Gasteiger partial charge is 0.484 e. The summed E-state index contributed by atoms with van der Waals surface area (Å²) in [5.74, 6) is -0.0400. The first-order valence-corrected chi connectivity index (χ1v) is 9.43. The Bertz CT molecular complexity index is 1030. The zero-order valence-corrected chi connectivity index (χ0v) is 17.7. The average Bonchev–Trinajstić information content (AvgIpc) is 2.98. The van der Waals surface area contributed by atoms with Crippen LogP contribution in [0.15, 0.2) is 58.3 Å². The molecule has 0 aliphatic carbocycles. The number of nitrogens with zero attached hydrogens (tertiary/aromatic N) is 3. The van der Waals surface area contributed by atoms with Gasteiger partial charge in [0.05, 0.1) is 28.5 Å². The second kappa shape index (κ2) is 8.37. The third-order valence-electron chi connectivity index (χ3n) is 4.57. The highest BCUT2D eigenvalue weighted by molar-refractivity contribution is 9.10. The van der Waals surface area contributed by atoms with Crippen LogP contribution in [0.5, 0.6) is 5.75 Å². The smallest absolute Gasteiger partial charge is 0.337 e. The molecule has 2 aromatic carbocycles. The highest BCUT2D eigenvalue weighted by Crippen LogP contribution is 2.40. The van der Waals surface area contributed by atoms with Gasteiger partial charge in [-0.05, 0) is 46.3 Å². The van der Waals surface area contributed by atoms with Gasteiger partial charge >= 0.3 is 5.97 Å². The van der Waals surface area contributed by atoms with Crippen molar-refractivity contribution in [2.45, 2.75) is 0 Å². The molecule has 2 aromatic rings. The van der Waals surface area contributed by atoms with E-state index in [1.807, 2.05) is 54.2 Å². The van der Waals surface area contributed by atoms with E-state index in [4.69, 9.17) is 4.74 Å². The fourth-order valence-corrected chi connectivity index (χ4v) is 3.63. The van der Waals surface area contributed by atoms with Gasteiger partial charge in [0.25, 0.3) is 0 Å². The molecular weight excluding hydrogens is 438 g/mol. The van der Waals surface area contributed by atoms with Crippen LogP contribution >= 0.6 is 15.9 Å². The molecule has 148 valence electrons. The maximum atomic E-state index is 12.8. The molecule has 0 unspecified atom stereocenters. The normalized spacial score (nSPS) is 12.3. The molecule has 0 amide bonds. The number of para-hydroxylation sites is 2. The summed E-state index contributed by atoms with van der Waals surface area (Å²) in [6, 6.07) is 14.3. The van der Waals surface area contributed by atoms with Gasteiger partial charge < -0.3 is 19.3 Å².